The number of aromatic nitrogens is 2. The number of pyridine rings is 2. The lowest BCUT2D eigenvalue weighted by molar-refractivity contribution is -0.395. The fourth-order valence-corrected chi connectivity index (χ4v) is 8.03. The number of fused-ring (bicyclic) bond motifs is 8. The Balaban J connectivity index is 1.19. The predicted molar refractivity (Wildman–Crippen MR) is 212 cm³/mol. The Morgan fingerprint density at radius 3 is 2.11 bits per heavy atom. The molecule has 4 heterocycles. The molecule has 0 saturated heterocycles. The quantitative estimate of drug-likeness (QED) is 0.103. The van der Waals surface area contributed by atoms with Gasteiger partial charge in [-0.2, -0.15) is 0 Å². The van der Waals surface area contributed by atoms with E-state index in [2.05, 4.69) is 5.16 Å². The second-order valence-corrected chi connectivity index (χ2v) is 14.8. The van der Waals surface area contributed by atoms with Crippen molar-refractivity contribution in [2.75, 3.05) is 14.1 Å². The first-order chi connectivity index (χ1) is 29.4. The summed E-state index contributed by atoms with van der Waals surface area (Å²) in [7, 11) is 3.70. The molecule has 0 bridgehead atoms. The van der Waals surface area contributed by atoms with Gasteiger partial charge in [-0.1, -0.05) is 12.1 Å². The van der Waals surface area contributed by atoms with Gasteiger partial charge in [0, 0.05) is 51.9 Å². The van der Waals surface area contributed by atoms with Crippen molar-refractivity contribution in [3.05, 3.63) is 133 Å². The van der Waals surface area contributed by atoms with Crippen LogP contribution in [0.25, 0.3) is 33.4 Å². The number of hydrogen-bond acceptors (Lipinski definition) is 18. The summed E-state index contributed by atoms with van der Waals surface area (Å²) in [5.41, 5.74) is -6.23. The van der Waals surface area contributed by atoms with Crippen molar-refractivity contribution in [1.29, 1.82) is 0 Å². The van der Waals surface area contributed by atoms with Gasteiger partial charge in [0.2, 0.25) is 11.7 Å². The molecule has 0 amide bonds. The third-order valence-electron chi connectivity index (χ3n) is 10.9. The molecule has 23 heteroatoms. The highest BCUT2D eigenvalue weighted by atomic mass is 16.7. The van der Waals surface area contributed by atoms with Gasteiger partial charge >= 0.3 is 11.9 Å². The minimum Gasteiger partial charge on any atom is -0.508 e. The van der Waals surface area contributed by atoms with Crippen LogP contribution < -0.4 is 5.56 Å². The van der Waals surface area contributed by atoms with Crippen molar-refractivity contribution in [3.8, 4) is 28.3 Å². The number of nitrogens with zero attached hydrogens (tertiary/aromatic N) is 8. The molecule has 2 aliphatic heterocycles. The van der Waals surface area contributed by atoms with Crippen LogP contribution in [0.4, 0.5) is 22.7 Å². The van der Waals surface area contributed by atoms with E-state index in [-0.39, 0.29) is 29.8 Å². The summed E-state index contributed by atoms with van der Waals surface area (Å²) in [6.45, 7) is 2.68. The Bertz CT molecular complexity index is 2930. The monoisotopic (exact) mass is 850 g/mol. The van der Waals surface area contributed by atoms with Gasteiger partial charge in [0.15, 0.2) is 0 Å². The molecular formula is C39H30N8O15. The summed E-state index contributed by atoms with van der Waals surface area (Å²) in [5, 5.41) is 63.2. The summed E-state index contributed by atoms with van der Waals surface area (Å²) >= 11 is 0. The van der Waals surface area contributed by atoms with Gasteiger partial charge in [-0.3, -0.25) is 45.3 Å². The molecule has 316 valence electrons. The lowest BCUT2D eigenvalue weighted by Crippen LogP contribution is -2.48. The molecule has 5 aromatic rings. The number of hydrogen-bond donors (Lipinski definition) is 1. The SMILES string of the molecule is CCC1(OC(=O)C(C)ON=C2c3cc([N+](=O)[O-])cc([N+](=O)[O-])c3-c3c2cc([N+](=O)[O-])cc3[N+](=O)[O-])C(=O)OCc2c1cc1n(c2=O)Cc2cc3c(CN(C)C)c(O)ccc3nc2-1. The van der Waals surface area contributed by atoms with E-state index in [1.54, 1.807) is 6.07 Å². The number of nitro groups is 4. The largest absolute Gasteiger partial charge is 0.508 e. The van der Waals surface area contributed by atoms with E-state index in [0.717, 1.165) is 19.1 Å². The number of phenols is 1. The topological polar surface area (TPSA) is 305 Å². The Kier molecular flexibility index (Phi) is 9.49. The third-order valence-corrected chi connectivity index (χ3v) is 10.9. The van der Waals surface area contributed by atoms with E-state index < -0.39 is 106 Å². The second kappa shape index (κ2) is 14.5. The first-order valence-electron chi connectivity index (χ1n) is 18.5. The van der Waals surface area contributed by atoms with E-state index in [9.17, 15) is 59.9 Å². The molecule has 1 N–H and O–H groups in total. The van der Waals surface area contributed by atoms with Crippen LogP contribution in [0.15, 0.2) is 58.5 Å². The summed E-state index contributed by atoms with van der Waals surface area (Å²) in [5.74, 6) is -2.20. The summed E-state index contributed by atoms with van der Waals surface area (Å²) < 4.78 is 12.7. The maximum absolute atomic E-state index is 14.1. The molecule has 0 fully saturated rings. The number of rotatable bonds is 11. The van der Waals surface area contributed by atoms with E-state index in [4.69, 9.17) is 19.3 Å². The van der Waals surface area contributed by atoms with E-state index >= 15 is 0 Å². The Morgan fingerprint density at radius 2 is 1.56 bits per heavy atom. The number of ether oxygens (including phenoxy) is 2. The maximum Gasteiger partial charge on any atom is 0.355 e. The molecule has 2 atom stereocenters. The van der Waals surface area contributed by atoms with Crippen molar-refractivity contribution >= 4 is 51.3 Å². The van der Waals surface area contributed by atoms with Gasteiger partial charge in [-0.25, -0.2) is 14.6 Å². The molecule has 23 nitrogen and oxygen atoms in total. The molecule has 8 rings (SSSR count). The van der Waals surface area contributed by atoms with Gasteiger partial charge in [-0.15, -0.1) is 0 Å². The second-order valence-electron chi connectivity index (χ2n) is 14.8. The first kappa shape index (κ1) is 40.6. The number of benzene rings is 3. The number of esters is 2. The summed E-state index contributed by atoms with van der Waals surface area (Å²) in [6, 6.07) is 9.27. The smallest absolute Gasteiger partial charge is 0.355 e. The van der Waals surface area contributed by atoms with Gasteiger partial charge in [0.25, 0.3) is 28.3 Å². The fraction of sp³-hybridized carbons (Fsp3) is 0.256. The van der Waals surface area contributed by atoms with Crippen LogP contribution in [-0.2, 0) is 49.2 Å². The van der Waals surface area contributed by atoms with Crippen LogP contribution >= 0.6 is 0 Å². The maximum atomic E-state index is 14.1. The predicted octanol–water partition coefficient (Wildman–Crippen LogP) is 4.87. The van der Waals surface area contributed by atoms with E-state index in [0.29, 0.717) is 52.1 Å². The standard InChI is InChI=1S/C39H30N8O15/c1-5-39(26-13-30-34-18(14-43(30)36(49)25(26)16-60-38(39)51)8-21-24(15-42(3)4)31(48)7-6-27(21)40-34)61-37(50)17(2)62-41-35-22-9-19(44(52)53)11-28(46(56)57)32(22)33-23(35)10-20(45(54)55)12-29(33)47(58)59/h6-13,17,48H,5,14-16H2,1-4H3. The van der Waals surface area contributed by atoms with Crippen LogP contribution in [0.5, 0.6) is 5.75 Å². The number of carbonyl (C=O) groups excluding carboxylic acids is 2. The van der Waals surface area contributed by atoms with Crippen molar-refractivity contribution in [2.24, 2.45) is 5.16 Å². The molecule has 3 aromatic carbocycles. The minimum absolute atomic E-state index is 0.0191. The number of non-ortho nitro benzene ring substituents is 2. The zero-order chi connectivity index (χ0) is 44.7. The highest BCUT2D eigenvalue weighted by molar-refractivity contribution is 6.27. The Morgan fingerprint density at radius 1 is 0.952 bits per heavy atom. The number of nitro benzene ring substituents is 4. The van der Waals surface area contributed by atoms with E-state index in [1.165, 1.54) is 23.6 Å². The van der Waals surface area contributed by atoms with Crippen molar-refractivity contribution in [2.45, 2.75) is 51.7 Å². The van der Waals surface area contributed by atoms with Crippen molar-refractivity contribution in [1.82, 2.24) is 14.5 Å². The molecule has 0 spiro atoms. The first-order valence-corrected chi connectivity index (χ1v) is 18.5. The number of cyclic esters (lactones) is 1. The van der Waals surface area contributed by atoms with Gasteiger partial charge < -0.3 is 28.9 Å². The molecule has 2 aromatic heterocycles. The van der Waals surface area contributed by atoms with Crippen LogP contribution in [0, 0.1) is 40.5 Å². The van der Waals surface area contributed by atoms with Crippen LogP contribution in [0.1, 0.15) is 53.6 Å². The fourth-order valence-electron chi connectivity index (χ4n) is 8.03. The zero-order valence-electron chi connectivity index (χ0n) is 32.8. The van der Waals surface area contributed by atoms with Crippen LogP contribution in [0.3, 0.4) is 0 Å². The molecular weight excluding hydrogens is 820 g/mol. The average molecular weight is 851 g/mol. The number of oxime groups is 1. The highest BCUT2D eigenvalue weighted by Crippen LogP contribution is 2.50. The molecule has 2 unspecified atom stereocenters. The Labute approximate surface area is 346 Å². The van der Waals surface area contributed by atoms with Crippen molar-refractivity contribution < 1.29 is 48.7 Å². The van der Waals surface area contributed by atoms with Gasteiger partial charge in [-0.05, 0) is 51.7 Å². The molecule has 1 aliphatic carbocycles. The van der Waals surface area contributed by atoms with Gasteiger partial charge in [0.1, 0.15) is 18.1 Å². The summed E-state index contributed by atoms with van der Waals surface area (Å²) in [4.78, 5) is 97.9. The Hall–Kier alpha value is -8.21. The number of phenolic OH excluding ortho intramolecular Hbond substituents is 1. The molecule has 62 heavy (non-hydrogen) atoms. The highest BCUT2D eigenvalue weighted by Gasteiger charge is 2.51. The third kappa shape index (κ3) is 6.20. The zero-order valence-corrected chi connectivity index (χ0v) is 32.8. The lowest BCUT2D eigenvalue weighted by Gasteiger charge is -2.36. The van der Waals surface area contributed by atoms with Crippen LogP contribution in [0.2, 0.25) is 0 Å². The minimum atomic E-state index is -2.22. The van der Waals surface area contributed by atoms with Gasteiger partial charge in [0.05, 0.1) is 72.0 Å². The average Bonchev–Trinajstić information content (AvgIpc) is 3.75. The molecule has 0 saturated carbocycles. The van der Waals surface area contributed by atoms with E-state index in [1.807, 2.05) is 25.1 Å². The number of aromatic hydroxyl groups is 1. The number of carbonyl (C=O) groups is 2. The molecule has 0 radical (unpaired) electrons. The van der Waals surface area contributed by atoms with Crippen molar-refractivity contribution in [3.63, 3.8) is 0 Å². The summed E-state index contributed by atoms with van der Waals surface area (Å²) in [6.07, 6.45) is -2.02. The van der Waals surface area contributed by atoms with Crippen LogP contribution in [-0.4, -0.2) is 77.1 Å². The normalized spacial score (nSPS) is 16.1. The lowest BCUT2D eigenvalue weighted by atomic mass is 9.85. The molecule has 3 aliphatic rings.